The number of aliphatic hydroxyl groups excluding tert-OH is 1. The molecule has 0 saturated carbocycles. The summed E-state index contributed by atoms with van der Waals surface area (Å²) in [6.07, 6.45) is 1.39. The molecule has 1 aliphatic heterocycles. The molecule has 0 amide bonds. The van der Waals surface area contributed by atoms with Crippen molar-refractivity contribution >= 4 is 5.69 Å². The Balaban J connectivity index is 2.04. The summed E-state index contributed by atoms with van der Waals surface area (Å²) in [5.41, 5.74) is 1.33. The van der Waals surface area contributed by atoms with Gasteiger partial charge in [-0.25, -0.2) is 4.39 Å². The smallest absolute Gasteiger partial charge is 0.184 e. The fourth-order valence-corrected chi connectivity index (χ4v) is 1.97. The topological polar surface area (TPSA) is 35.5 Å². The summed E-state index contributed by atoms with van der Waals surface area (Å²) in [5.74, 6) is -0.330. The van der Waals surface area contributed by atoms with E-state index in [0.717, 1.165) is 31.5 Å². The van der Waals surface area contributed by atoms with Gasteiger partial charge in [0.15, 0.2) is 6.35 Å². The lowest BCUT2D eigenvalue weighted by Crippen LogP contribution is -2.38. The highest BCUT2D eigenvalue weighted by Gasteiger charge is 2.20. The third-order valence-electron chi connectivity index (χ3n) is 2.89. The second kappa shape index (κ2) is 4.80. The van der Waals surface area contributed by atoms with Gasteiger partial charge in [-0.05, 0) is 37.5 Å². The van der Waals surface area contributed by atoms with Crippen LogP contribution >= 0.6 is 0 Å². The van der Waals surface area contributed by atoms with Crippen LogP contribution in [0.1, 0.15) is 18.4 Å². The van der Waals surface area contributed by atoms with Crippen LogP contribution in [0.2, 0.25) is 0 Å². The quantitative estimate of drug-likeness (QED) is 0.770. The van der Waals surface area contributed by atoms with Crippen molar-refractivity contribution in [2.75, 3.05) is 18.4 Å². The Hall–Kier alpha value is -1.13. The zero-order chi connectivity index (χ0) is 11.5. The van der Waals surface area contributed by atoms with Crippen molar-refractivity contribution in [3.63, 3.8) is 0 Å². The van der Waals surface area contributed by atoms with E-state index >= 15 is 0 Å². The molecule has 1 saturated heterocycles. The minimum absolute atomic E-state index is 0.330. The van der Waals surface area contributed by atoms with Crippen molar-refractivity contribution in [1.82, 2.24) is 4.90 Å². The van der Waals surface area contributed by atoms with Crippen LogP contribution in [0.25, 0.3) is 0 Å². The van der Waals surface area contributed by atoms with E-state index < -0.39 is 6.35 Å². The summed E-state index contributed by atoms with van der Waals surface area (Å²) in [7, 11) is 0. The van der Waals surface area contributed by atoms with Crippen molar-refractivity contribution in [2.45, 2.75) is 26.1 Å². The number of likely N-dealkylation sites (tertiary alicyclic amines) is 1. The van der Waals surface area contributed by atoms with Crippen LogP contribution in [-0.2, 0) is 0 Å². The zero-order valence-corrected chi connectivity index (χ0v) is 9.41. The summed E-state index contributed by atoms with van der Waals surface area (Å²) < 4.78 is 13.4. The average Bonchev–Trinajstić information content (AvgIpc) is 2.76. The Bertz CT molecular complexity index is 364. The number of nitrogens with one attached hydrogen (secondary N) is 1. The number of aliphatic hydroxyl groups is 1. The molecular formula is C12H17FN2O. The predicted octanol–water partition coefficient (Wildman–Crippen LogP) is 1.92. The molecule has 1 atom stereocenters. The van der Waals surface area contributed by atoms with E-state index in [9.17, 15) is 9.50 Å². The molecule has 3 nitrogen and oxygen atoms in total. The van der Waals surface area contributed by atoms with Gasteiger partial charge in [0, 0.05) is 13.1 Å². The van der Waals surface area contributed by atoms with Crippen LogP contribution in [0, 0.1) is 12.7 Å². The third-order valence-corrected chi connectivity index (χ3v) is 2.89. The molecule has 1 heterocycles. The summed E-state index contributed by atoms with van der Waals surface area (Å²) in [5, 5.41) is 12.7. The largest absolute Gasteiger partial charge is 0.361 e. The number of halogens is 1. The first-order valence-corrected chi connectivity index (χ1v) is 5.61. The second-order valence-corrected chi connectivity index (χ2v) is 4.24. The van der Waals surface area contributed by atoms with E-state index in [1.165, 1.54) is 6.07 Å². The number of anilines is 1. The maximum Gasteiger partial charge on any atom is 0.184 e. The molecule has 0 aliphatic carbocycles. The highest BCUT2D eigenvalue weighted by molar-refractivity contribution is 5.47. The average molecular weight is 224 g/mol. The van der Waals surface area contributed by atoms with E-state index in [1.54, 1.807) is 12.1 Å². The molecule has 4 heteroatoms. The molecule has 2 N–H and O–H groups in total. The van der Waals surface area contributed by atoms with E-state index in [2.05, 4.69) is 5.32 Å². The summed E-state index contributed by atoms with van der Waals surface area (Å²) in [6.45, 7) is 3.62. The number of aryl methyl sites for hydroxylation is 1. The molecule has 0 aromatic heterocycles. The maximum absolute atomic E-state index is 13.4. The first-order valence-electron chi connectivity index (χ1n) is 5.61. The van der Waals surface area contributed by atoms with Crippen LogP contribution in [0.3, 0.4) is 0 Å². The molecule has 1 aromatic rings. The lowest BCUT2D eigenvalue weighted by atomic mass is 10.2. The SMILES string of the molecule is Cc1ccc(F)c(NC(O)N2CCCC2)c1. The minimum Gasteiger partial charge on any atom is -0.361 e. The standard InChI is InChI=1S/C12H17FN2O/c1-9-4-5-10(13)11(8-9)14-12(16)15-6-2-3-7-15/h4-5,8,12,14,16H,2-3,6-7H2,1H3. The Morgan fingerprint density at radius 3 is 2.75 bits per heavy atom. The molecule has 16 heavy (non-hydrogen) atoms. The first-order chi connectivity index (χ1) is 7.66. The van der Waals surface area contributed by atoms with Crippen molar-refractivity contribution < 1.29 is 9.50 Å². The second-order valence-electron chi connectivity index (χ2n) is 4.24. The van der Waals surface area contributed by atoms with Gasteiger partial charge in [0.2, 0.25) is 0 Å². The lowest BCUT2D eigenvalue weighted by Gasteiger charge is -2.24. The third kappa shape index (κ3) is 2.51. The molecule has 1 unspecified atom stereocenters. The van der Waals surface area contributed by atoms with Gasteiger partial charge in [-0.2, -0.15) is 0 Å². The summed E-state index contributed by atoms with van der Waals surface area (Å²) in [6, 6.07) is 4.83. The molecule has 0 radical (unpaired) electrons. The molecule has 1 aromatic carbocycles. The maximum atomic E-state index is 13.4. The van der Waals surface area contributed by atoms with Crippen LogP contribution in [0.5, 0.6) is 0 Å². The van der Waals surface area contributed by atoms with Gasteiger partial charge >= 0.3 is 0 Å². The van der Waals surface area contributed by atoms with E-state index in [-0.39, 0.29) is 5.82 Å². The van der Waals surface area contributed by atoms with E-state index in [1.807, 2.05) is 11.8 Å². The van der Waals surface area contributed by atoms with Gasteiger partial charge in [0.25, 0.3) is 0 Å². The van der Waals surface area contributed by atoms with Crippen molar-refractivity contribution in [3.8, 4) is 0 Å². The Morgan fingerprint density at radius 2 is 2.06 bits per heavy atom. The Morgan fingerprint density at radius 1 is 1.38 bits per heavy atom. The van der Waals surface area contributed by atoms with Crippen LogP contribution in [0.15, 0.2) is 18.2 Å². The minimum atomic E-state index is -0.793. The van der Waals surface area contributed by atoms with E-state index in [0.29, 0.717) is 5.69 Å². The molecule has 88 valence electrons. The van der Waals surface area contributed by atoms with Crippen LogP contribution < -0.4 is 5.32 Å². The van der Waals surface area contributed by atoms with Gasteiger partial charge < -0.3 is 10.4 Å². The van der Waals surface area contributed by atoms with Gasteiger partial charge in [-0.15, -0.1) is 0 Å². The molecule has 1 fully saturated rings. The monoisotopic (exact) mass is 224 g/mol. The number of hydrogen-bond acceptors (Lipinski definition) is 3. The lowest BCUT2D eigenvalue weighted by molar-refractivity contribution is 0.0444. The van der Waals surface area contributed by atoms with Gasteiger partial charge in [-0.3, -0.25) is 4.90 Å². The van der Waals surface area contributed by atoms with Gasteiger partial charge in [0.1, 0.15) is 5.82 Å². The van der Waals surface area contributed by atoms with E-state index in [4.69, 9.17) is 0 Å². The van der Waals surface area contributed by atoms with Crippen LogP contribution in [-0.4, -0.2) is 29.4 Å². The first kappa shape index (κ1) is 11.4. The zero-order valence-electron chi connectivity index (χ0n) is 9.41. The molecule has 1 aliphatic rings. The normalized spacial score (nSPS) is 18.7. The van der Waals surface area contributed by atoms with Crippen LogP contribution in [0.4, 0.5) is 10.1 Å². The highest BCUT2D eigenvalue weighted by atomic mass is 19.1. The highest BCUT2D eigenvalue weighted by Crippen LogP contribution is 2.18. The van der Waals surface area contributed by atoms with Gasteiger partial charge in [-0.1, -0.05) is 6.07 Å². The van der Waals surface area contributed by atoms with Gasteiger partial charge in [0.05, 0.1) is 5.69 Å². The summed E-state index contributed by atoms with van der Waals surface area (Å²) >= 11 is 0. The Kier molecular flexibility index (Phi) is 3.41. The number of nitrogens with zero attached hydrogens (tertiary/aromatic N) is 1. The number of rotatable bonds is 3. The number of hydrogen-bond donors (Lipinski definition) is 2. The summed E-state index contributed by atoms with van der Waals surface area (Å²) in [4.78, 5) is 1.90. The predicted molar refractivity (Wildman–Crippen MR) is 61.6 cm³/mol. The molecule has 0 spiro atoms. The fourth-order valence-electron chi connectivity index (χ4n) is 1.97. The van der Waals surface area contributed by atoms with Crippen molar-refractivity contribution in [2.24, 2.45) is 0 Å². The number of benzene rings is 1. The molecular weight excluding hydrogens is 207 g/mol. The van der Waals surface area contributed by atoms with Crippen molar-refractivity contribution in [1.29, 1.82) is 0 Å². The molecule has 2 rings (SSSR count). The Labute approximate surface area is 94.9 Å². The fraction of sp³-hybridized carbons (Fsp3) is 0.500. The molecule has 0 bridgehead atoms. The van der Waals surface area contributed by atoms with Crippen molar-refractivity contribution in [3.05, 3.63) is 29.6 Å².